The van der Waals surface area contributed by atoms with Gasteiger partial charge in [-0.05, 0) is 25.0 Å². The van der Waals surface area contributed by atoms with Crippen LogP contribution in [0.15, 0.2) is 28.7 Å². The molecule has 0 saturated carbocycles. The van der Waals surface area contributed by atoms with Crippen molar-refractivity contribution in [2.45, 2.75) is 31.3 Å². The number of hydrogen-bond acceptors (Lipinski definition) is 6. The maximum atomic E-state index is 11.3. The highest BCUT2D eigenvalue weighted by atomic mass is 32.2. The van der Waals surface area contributed by atoms with Crippen LogP contribution < -0.4 is 0 Å². The average molecular weight is 306 g/mol. The van der Waals surface area contributed by atoms with Crippen molar-refractivity contribution in [3.8, 4) is 0 Å². The monoisotopic (exact) mass is 306 g/mol. The molecule has 0 N–H and O–H groups in total. The molecule has 5 nitrogen and oxygen atoms in total. The van der Waals surface area contributed by atoms with Gasteiger partial charge in [0, 0.05) is 0 Å². The molecule has 1 aromatic heterocycles. The molecule has 0 aliphatic heterocycles. The predicted octanol–water partition coefficient (Wildman–Crippen LogP) is 2.76. The van der Waals surface area contributed by atoms with Crippen LogP contribution >= 0.6 is 11.8 Å². The molecule has 2 aromatic rings. The number of aromatic nitrogens is 2. The molecule has 0 unspecified atom stereocenters. The van der Waals surface area contributed by atoms with Gasteiger partial charge in [0.05, 0.1) is 19.3 Å². The summed E-state index contributed by atoms with van der Waals surface area (Å²) in [6.45, 7) is 3.85. The summed E-state index contributed by atoms with van der Waals surface area (Å²) < 4.78 is 10.3. The van der Waals surface area contributed by atoms with Gasteiger partial charge in [-0.2, -0.15) is 0 Å². The SMILES string of the molecule is COC(=O)[C@H](C)SCc1nnc(Cc2ccccc2C)o1. The van der Waals surface area contributed by atoms with E-state index in [4.69, 9.17) is 4.42 Å². The summed E-state index contributed by atoms with van der Waals surface area (Å²) in [6.07, 6.45) is 0.622. The van der Waals surface area contributed by atoms with Crippen molar-refractivity contribution in [2.75, 3.05) is 7.11 Å². The zero-order chi connectivity index (χ0) is 15.2. The van der Waals surface area contributed by atoms with E-state index in [-0.39, 0.29) is 11.2 Å². The number of hydrogen-bond donors (Lipinski definition) is 0. The summed E-state index contributed by atoms with van der Waals surface area (Å²) in [5, 5.41) is 7.81. The number of thioether (sulfide) groups is 1. The number of carbonyl (C=O) groups is 1. The molecule has 0 amide bonds. The highest BCUT2D eigenvalue weighted by Crippen LogP contribution is 2.19. The van der Waals surface area contributed by atoms with Gasteiger partial charge in [-0.15, -0.1) is 22.0 Å². The van der Waals surface area contributed by atoms with Crippen molar-refractivity contribution >= 4 is 17.7 Å². The van der Waals surface area contributed by atoms with Crippen LogP contribution in [0.2, 0.25) is 0 Å². The van der Waals surface area contributed by atoms with Crippen LogP contribution in [0.25, 0.3) is 0 Å². The zero-order valence-corrected chi connectivity index (χ0v) is 13.1. The van der Waals surface area contributed by atoms with E-state index in [1.807, 2.05) is 18.2 Å². The van der Waals surface area contributed by atoms with Crippen molar-refractivity contribution in [2.24, 2.45) is 0 Å². The van der Waals surface area contributed by atoms with Crippen LogP contribution in [0.1, 0.15) is 29.8 Å². The third-order valence-corrected chi connectivity index (χ3v) is 4.21. The van der Waals surface area contributed by atoms with Gasteiger partial charge in [0.15, 0.2) is 0 Å². The molecule has 1 atom stereocenters. The first kappa shape index (κ1) is 15.6. The Hall–Kier alpha value is -1.82. The molecule has 0 fully saturated rings. The van der Waals surface area contributed by atoms with Crippen molar-refractivity contribution < 1.29 is 13.9 Å². The maximum Gasteiger partial charge on any atom is 0.318 e. The van der Waals surface area contributed by atoms with Crippen molar-refractivity contribution in [3.63, 3.8) is 0 Å². The molecule has 112 valence electrons. The third-order valence-electron chi connectivity index (χ3n) is 3.10. The lowest BCUT2D eigenvalue weighted by Gasteiger charge is -2.06. The second-order valence-corrected chi connectivity index (χ2v) is 6.00. The number of ether oxygens (including phenoxy) is 1. The standard InChI is InChI=1S/C15H18N2O3S/c1-10-6-4-5-7-12(10)8-13-16-17-14(20-13)9-21-11(2)15(18)19-3/h4-7,11H,8-9H2,1-3H3/t11-/m0/s1. The van der Waals surface area contributed by atoms with E-state index in [0.29, 0.717) is 24.0 Å². The van der Waals surface area contributed by atoms with Crippen molar-refractivity contribution in [3.05, 3.63) is 47.2 Å². The molecule has 2 rings (SSSR count). The third kappa shape index (κ3) is 4.32. The lowest BCUT2D eigenvalue weighted by Crippen LogP contribution is -2.14. The lowest BCUT2D eigenvalue weighted by molar-refractivity contribution is -0.139. The number of methoxy groups -OCH3 is 1. The molecule has 0 saturated heterocycles. The minimum Gasteiger partial charge on any atom is -0.468 e. The minimum atomic E-state index is -0.250. The van der Waals surface area contributed by atoms with E-state index in [0.717, 1.165) is 0 Å². The van der Waals surface area contributed by atoms with Crippen molar-refractivity contribution in [1.29, 1.82) is 0 Å². The first-order valence-electron chi connectivity index (χ1n) is 6.65. The fraction of sp³-hybridized carbons (Fsp3) is 0.400. The molecule has 0 bridgehead atoms. The first-order chi connectivity index (χ1) is 10.1. The lowest BCUT2D eigenvalue weighted by atomic mass is 10.1. The molecule has 1 heterocycles. The predicted molar refractivity (Wildman–Crippen MR) is 81.1 cm³/mol. The molecule has 1 aromatic carbocycles. The average Bonchev–Trinajstić information content (AvgIpc) is 2.94. The first-order valence-corrected chi connectivity index (χ1v) is 7.70. The summed E-state index contributed by atoms with van der Waals surface area (Å²) in [6, 6.07) is 8.10. The highest BCUT2D eigenvalue weighted by Gasteiger charge is 2.16. The van der Waals surface area contributed by atoms with Gasteiger partial charge in [-0.25, -0.2) is 0 Å². The van der Waals surface area contributed by atoms with Crippen LogP contribution in [-0.2, 0) is 21.7 Å². The van der Waals surface area contributed by atoms with Gasteiger partial charge in [-0.1, -0.05) is 24.3 Å². The van der Waals surface area contributed by atoms with Crippen LogP contribution in [0, 0.1) is 6.92 Å². The van der Waals surface area contributed by atoms with Crippen molar-refractivity contribution in [1.82, 2.24) is 10.2 Å². The van der Waals surface area contributed by atoms with Gasteiger partial charge in [-0.3, -0.25) is 4.79 Å². The molecular weight excluding hydrogens is 288 g/mol. The van der Waals surface area contributed by atoms with Crippen LogP contribution in [0.3, 0.4) is 0 Å². The fourth-order valence-electron chi connectivity index (χ4n) is 1.82. The van der Waals surface area contributed by atoms with Gasteiger partial charge in [0.1, 0.15) is 5.25 Å². The molecule has 0 aliphatic rings. The number of rotatable bonds is 6. The van der Waals surface area contributed by atoms with Crippen LogP contribution in [-0.4, -0.2) is 28.5 Å². The smallest absolute Gasteiger partial charge is 0.318 e. The Kier molecular flexibility index (Phi) is 5.38. The summed E-state index contributed by atoms with van der Waals surface area (Å²) >= 11 is 1.41. The van der Waals surface area contributed by atoms with E-state index in [1.54, 1.807) is 6.92 Å². The van der Waals surface area contributed by atoms with E-state index >= 15 is 0 Å². The molecule has 6 heteroatoms. The number of aryl methyl sites for hydroxylation is 1. The van der Waals surface area contributed by atoms with E-state index in [9.17, 15) is 4.79 Å². The van der Waals surface area contributed by atoms with Gasteiger partial charge < -0.3 is 9.15 Å². The summed E-state index contributed by atoms with van der Waals surface area (Å²) in [7, 11) is 1.38. The summed E-state index contributed by atoms with van der Waals surface area (Å²) in [5.41, 5.74) is 2.37. The maximum absolute atomic E-state index is 11.3. The molecule has 0 aliphatic carbocycles. The van der Waals surface area contributed by atoms with E-state index in [1.165, 1.54) is 30.0 Å². The quantitative estimate of drug-likeness (QED) is 0.765. The summed E-state index contributed by atoms with van der Waals surface area (Å²) in [5.74, 6) is 1.36. The van der Waals surface area contributed by atoms with Crippen LogP contribution in [0.5, 0.6) is 0 Å². The number of esters is 1. The molecular formula is C15H18N2O3S. The van der Waals surface area contributed by atoms with Gasteiger partial charge in [0.2, 0.25) is 11.8 Å². The molecule has 21 heavy (non-hydrogen) atoms. The largest absolute Gasteiger partial charge is 0.468 e. The Morgan fingerprint density at radius 3 is 2.76 bits per heavy atom. The minimum absolute atomic E-state index is 0.248. The zero-order valence-electron chi connectivity index (χ0n) is 12.3. The fourth-order valence-corrected chi connectivity index (χ4v) is 2.56. The van der Waals surface area contributed by atoms with E-state index in [2.05, 4.69) is 27.9 Å². The number of benzene rings is 1. The molecule has 0 radical (unpaired) electrons. The Labute approximate surface area is 128 Å². The Bertz CT molecular complexity index is 612. The number of nitrogens with zero attached hydrogens (tertiary/aromatic N) is 2. The second-order valence-electron chi connectivity index (χ2n) is 4.67. The second kappa shape index (κ2) is 7.26. The van der Waals surface area contributed by atoms with Crippen LogP contribution in [0.4, 0.5) is 0 Å². The van der Waals surface area contributed by atoms with Gasteiger partial charge >= 0.3 is 5.97 Å². The topological polar surface area (TPSA) is 65.2 Å². The normalized spacial score (nSPS) is 12.1. The Balaban J connectivity index is 1.93. The number of carbonyl (C=O) groups excluding carboxylic acids is 1. The van der Waals surface area contributed by atoms with E-state index < -0.39 is 0 Å². The highest BCUT2D eigenvalue weighted by molar-refractivity contribution is 7.99. The van der Waals surface area contributed by atoms with Gasteiger partial charge in [0.25, 0.3) is 0 Å². The Morgan fingerprint density at radius 2 is 2.05 bits per heavy atom. The Morgan fingerprint density at radius 1 is 1.33 bits per heavy atom. The molecule has 0 spiro atoms. The summed E-state index contributed by atoms with van der Waals surface area (Å²) in [4.78, 5) is 11.3.